The van der Waals surface area contributed by atoms with Crippen molar-refractivity contribution in [1.29, 1.82) is 0 Å². The number of aryl methyl sites for hydroxylation is 1. The van der Waals surface area contributed by atoms with Gasteiger partial charge >= 0.3 is 0 Å². The molecule has 0 saturated heterocycles. The van der Waals surface area contributed by atoms with Gasteiger partial charge in [0.15, 0.2) is 0 Å². The van der Waals surface area contributed by atoms with E-state index in [1.54, 1.807) is 6.33 Å². The van der Waals surface area contributed by atoms with Crippen LogP contribution in [0.5, 0.6) is 0 Å². The average Bonchev–Trinajstić information content (AvgIpc) is 2.74. The molecule has 2 aromatic rings. The first-order valence-electron chi connectivity index (χ1n) is 5.58. The summed E-state index contributed by atoms with van der Waals surface area (Å²) in [6.45, 7) is 5.79. The summed E-state index contributed by atoms with van der Waals surface area (Å²) in [5.74, 6) is 0.928. The van der Waals surface area contributed by atoms with Gasteiger partial charge in [-0.25, -0.2) is 9.67 Å². The summed E-state index contributed by atoms with van der Waals surface area (Å²) in [7, 11) is 0. The zero-order valence-corrected chi connectivity index (χ0v) is 11.5. The van der Waals surface area contributed by atoms with Gasteiger partial charge in [0, 0.05) is 4.47 Å². The highest BCUT2D eigenvalue weighted by Gasteiger charge is 2.08. The lowest BCUT2D eigenvalue weighted by atomic mass is 10.2. The molecule has 0 unspecified atom stereocenters. The van der Waals surface area contributed by atoms with Crippen molar-refractivity contribution in [3.63, 3.8) is 0 Å². The monoisotopic (exact) mass is 294 g/mol. The second kappa shape index (κ2) is 5.42. The lowest BCUT2D eigenvalue weighted by Crippen LogP contribution is -2.16. The lowest BCUT2D eigenvalue weighted by molar-refractivity contribution is 0.663. The van der Waals surface area contributed by atoms with Gasteiger partial charge in [-0.2, -0.15) is 5.10 Å². The molecule has 0 radical (unpaired) electrons. The predicted molar refractivity (Wildman–Crippen MR) is 71.2 cm³/mol. The molecule has 0 aliphatic rings. The van der Waals surface area contributed by atoms with Crippen molar-refractivity contribution in [1.82, 2.24) is 20.1 Å². The van der Waals surface area contributed by atoms with E-state index in [0.717, 1.165) is 29.1 Å². The minimum atomic E-state index is 0.728. The van der Waals surface area contributed by atoms with Crippen molar-refractivity contribution >= 4 is 15.9 Å². The first kappa shape index (κ1) is 12.3. The van der Waals surface area contributed by atoms with Gasteiger partial charge < -0.3 is 5.32 Å². The third-order valence-corrected chi connectivity index (χ3v) is 3.03. The summed E-state index contributed by atoms with van der Waals surface area (Å²) < 4.78 is 2.96. The van der Waals surface area contributed by atoms with Gasteiger partial charge in [-0.05, 0) is 37.2 Å². The topological polar surface area (TPSA) is 42.7 Å². The molecule has 2 rings (SSSR count). The fraction of sp³-hybridized carbons (Fsp3) is 0.333. The Bertz CT molecular complexity index is 507. The molecule has 90 valence electrons. The fourth-order valence-electron chi connectivity index (χ4n) is 1.68. The largest absolute Gasteiger partial charge is 0.310 e. The minimum Gasteiger partial charge on any atom is -0.310 e. The highest BCUT2D eigenvalue weighted by molar-refractivity contribution is 9.10. The summed E-state index contributed by atoms with van der Waals surface area (Å²) in [6.07, 6.45) is 1.59. The van der Waals surface area contributed by atoms with Gasteiger partial charge in [0.2, 0.25) is 0 Å². The van der Waals surface area contributed by atoms with Gasteiger partial charge in [-0.3, -0.25) is 0 Å². The smallest absolute Gasteiger partial charge is 0.146 e. The third-order valence-electron chi connectivity index (χ3n) is 2.54. The Morgan fingerprint density at radius 2 is 2.24 bits per heavy atom. The van der Waals surface area contributed by atoms with E-state index >= 15 is 0 Å². The number of benzene rings is 1. The van der Waals surface area contributed by atoms with Crippen LogP contribution in [0, 0.1) is 6.92 Å². The molecule has 0 aliphatic heterocycles. The zero-order valence-electron chi connectivity index (χ0n) is 9.94. The average molecular weight is 295 g/mol. The number of rotatable bonds is 4. The van der Waals surface area contributed by atoms with Crippen molar-refractivity contribution in [2.24, 2.45) is 0 Å². The Morgan fingerprint density at radius 3 is 2.94 bits per heavy atom. The van der Waals surface area contributed by atoms with Crippen LogP contribution in [-0.4, -0.2) is 21.3 Å². The van der Waals surface area contributed by atoms with Crippen LogP contribution in [-0.2, 0) is 6.54 Å². The molecule has 4 nitrogen and oxygen atoms in total. The van der Waals surface area contributed by atoms with E-state index in [0.29, 0.717) is 0 Å². The van der Waals surface area contributed by atoms with Crippen molar-refractivity contribution in [2.45, 2.75) is 20.4 Å². The molecule has 0 aliphatic carbocycles. The first-order valence-corrected chi connectivity index (χ1v) is 6.37. The molecule has 0 bridgehead atoms. The van der Waals surface area contributed by atoms with Crippen LogP contribution in [0.1, 0.15) is 18.3 Å². The minimum absolute atomic E-state index is 0.728. The summed E-state index contributed by atoms with van der Waals surface area (Å²) in [5.41, 5.74) is 2.24. The van der Waals surface area contributed by atoms with E-state index in [1.807, 2.05) is 16.8 Å². The van der Waals surface area contributed by atoms with Gasteiger partial charge in [0.25, 0.3) is 0 Å². The maximum absolute atomic E-state index is 4.28. The molecule has 1 aromatic carbocycles. The van der Waals surface area contributed by atoms with Crippen molar-refractivity contribution < 1.29 is 0 Å². The normalized spacial score (nSPS) is 10.8. The predicted octanol–water partition coefficient (Wildman–Crippen LogP) is 2.45. The zero-order chi connectivity index (χ0) is 12.3. The summed E-state index contributed by atoms with van der Waals surface area (Å²) >= 11 is 3.46. The SMILES string of the molecule is CCNCc1ncnn1-c1ccc(Br)cc1C. The van der Waals surface area contributed by atoms with E-state index in [4.69, 9.17) is 0 Å². The van der Waals surface area contributed by atoms with E-state index in [2.05, 4.69) is 51.2 Å². The number of nitrogens with zero attached hydrogens (tertiary/aromatic N) is 3. The van der Waals surface area contributed by atoms with E-state index in [1.165, 1.54) is 5.56 Å². The van der Waals surface area contributed by atoms with Crippen molar-refractivity contribution in [3.05, 3.63) is 40.4 Å². The van der Waals surface area contributed by atoms with Crippen LogP contribution in [0.25, 0.3) is 5.69 Å². The van der Waals surface area contributed by atoms with Crippen LogP contribution in [0.2, 0.25) is 0 Å². The van der Waals surface area contributed by atoms with Crippen LogP contribution in [0.3, 0.4) is 0 Å². The maximum atomic E-state index is 4.28. The molecule has 5 heteroatoms. The van der Waals surface area contributed by atoms with Crippen LogP contribution in [0.15, 0.2) is 29.0 Å². The van der Waals surface area contributed by atoms with Gasteiger partial charge in [-0.1, -0.05) is 22.9 Å². The number of aromatic nitrogens is 3. The molecule has 0 amide bonds. The first-order chi connectivity index (χ1) is 8.22. The second-order valence-electron chi connectivity index (χ2n) is 3.80. The number of halogens is 1. The Hall–Kier alpha value is -1.20. The Labute approximate surface area is 109 Å². The molecular weight excluding hydrogens is 280 g/mol. The van der Waals surface area contributed by atoms with Crippen LogP contribution >= 0.6 is 15.9 Å². The molecule has 1 N–H and O–H groups in total. The molecule has 17 heavy (non-hydrogen) atoms. The van der Waals surface area contributed by atoms with Gasteiger partial charge in [0.1, 0.15) is 12.2 Å². The standard InChI is InChI=1S/C12H15BrN4/c1-3-14-7-12-15-8-16-17(12)11-5-4-10(13)6-9(11)2/h4-6,8,14H,3,7H2,1-2H3. The highest BCUT2D eigenvalue weighted by atomic mass is 79.9. The second-order valence-corrected chi connectivity index (χ2v) is 4.71. The van der Waals surface area contributed by atoms with Crippen molar-refractivity contribution in [3.8, 4) is 5.69 Å². The number of nitrogens with one attached hydrogen (secondary N) is 1. The van der Waals surface area contributed by atoms with Crippen LogP contribution < -0.4 is 5.32 Å². The number of hydrogen-bond acceptors (Lipinski definition) is 3. The highest BCUT2D eigenvalue weighted by Crippen LogP contribution is 2.19. The number of hydrogen-bond donors (Lipinski definition) is 1. The Kier molecular flexibility index (Phi) is 3.91. The molecule has 1 aromatic heterocycles. The molecule has 0 atom stereocenters. The summed E-state index contributed by atoms with van der Waals surface area (Å²) in [5, 5.41) is 7.54. The Balaban J connectivity index is 2.35. The third kappa shape index (κ3) is 2.73. The summed E-state index contributed by atoms with van der Waals surface area (Å²) in [4.78, 5) is 4.27. The molecular formula is C12H15BrN4. The van der Waals surface area contributed by atoms with Gasteiger partial charge in [-0.15, -0.1) is 0 Å². The molecule has 1 heterocycles. The van der Waals surface area contributed by atoms with Crippen molar-refractivity contribution in [2.75, 3.05) is 6.54 Å². The summed E-state index contributed by atoms with van der Waals surface area (Å²) in [6, 6.07) is 6.14. The van der Waals surface area contributed by atoms with Crippen LogP contribution in [0.4, 0.5) is 0 Å². The lowest BCUT2D eigenvalue weighted by Gasteiger charge is -2.09. The van der Waals surface area contributed by atoms with Gasteiger partial charge in [0.05, 0.1) is 12.2 Å². The van der Waals surface area contributed by atoms with E-state index < -0.39 is 0 Å². The Morgan fingerprint density at radius 1 is 1.41 bits per heavy atom. The van der Waals surface area contributed by atoms with E-state index in [9.17, 15) is 0 Å². The fourth-order valence-corrected chi connectivity index (χ4v) is 2.16. The molecule has 0 saturated carbocycles. The maximum Gasteiger partial charge on any atom is 0.146 e. The molecule has 0 spiro atoms. The molecule has 0 fully saturated rings. The van der Waals surface area contributed by atoms with E-state index in [-0.39, 0.29) is 0 Å². The quantitative estimate of drug-likeness (QED) is 0.942.